The van der Waals surface area contributed by atoms with Crippen molar-refractivity contribution in [3.05, 3.63) is 67.6 Å². The fourth-order valence-corrected chi connectivity index (χ4v) is 4.40. The lowest BCUT2D eigenvalue weighted by molar-refractivity contribution is 0.300. The van der Waals surface area contributed by atoms with Gasteiger partial charge in [-0.05, 0) is 61.4 Å². The van der Waals surface area contributed by atoms with Crippen molar-refractivity contribution in [1.29, 1.82) is 21.0 Å². The van der Waals surface area contributed by atoms with Crippen molar-refractivity contribution in [2.24, 2.45) is 0 Å². The Labute approximate surface area is 241 Å². The zero-order valence-corrected chi connectivity index (χ0v) is 24.2. The molecule has 0 amide bonds. The lowest BCUT2D eigenvalue weighted by Crippen LogP contribution is -1.99. The molecule has 0 heterocycles. The fourth-order valence-electron chi connectivity index (χ4n) is 3.65. The summed E-state index contributed by atoms with van der Waals surface area (Å²) in [6, 6.07) is 18.6. The quantitative estimate of drug-likeness (QED) is 0.143. The molecule has 0 aliphatic carbocycles. The summed E-state index contributed by atoms with van der Waals surface area (Å²) in [5, 5.41) is 36.0. The molecule has 2 aromatic carbocycles. The Morgan fingerprint density at radius 2 is 0.921 bits per heavy atom. The minimum atomic E-state index is 0.0412. The average molecular weight is 636 g/mol. The van der Waals surface area contributed by atoms with Crippen molar-refractivity contribution < 1.29 is 9.47 Å². The van der Waals surface area contributed by atoms with Crippen LogP contribution in [0, 0.1) is 45.3 Å². The predicted molar refractivity (Wildman–Crippen MR) is 155 cm³/mol. The number of rotatable bonds is 15. The third kappa shape index (κ3) is 11.2. The molecule has 0 saturated carbocycles. The maximum Gasteiger partial charge on any atom is 0.130 e. The highest BCUT2D eigenvalue weighted by molar-refractivity contribution is 9.10. The molecular formula is C30H28Br2N4O2. The molecule has 0 unspecified atom stereocenters. The smallest absolute Gasteiger partial charge is 0.130 e. The van der Waals surface area contributed by atoms with Gasteiger partial charge in [-0.15, -0.1) is 0 Å². The van der Waals surface area contributed by atoms with Crippen LogP contribution >= 0.6 is 31.9 Å². The van der Waals surface area contributed by atoms with Crippen molar-refractivity contribution >= 4 is 44.0 Å². The molecule has 0 N–H and O–H groups in total. The minimum Gasteiger partial charge on any atom is -0.493 e. The van der Waals surface area contributed by atoms with E-state index in [2.05, 4.69) is 31.9 Å². The molecular weight excluding hydrogens is 608 g/mol. The second kappa shape index (κ2) is 17.8. The predicted octanol–water partition coefficient (Wildman–Crippen LogP) is 8.65. The Bertz CT molecular complexity index is 1170. The number of allylic oxidation sites excluding steroid dienone is 2. The van der Waals surface area contributed by atoms with Crippen LogP contribution in [0.15, 0.2) is 56.5 Å². The Morgan fingerprint density at radius 1 is 0.579 bits per heavy atom. The number of nitriles is 4. The van der Waals surface area contributed by atoms with Gasteiger partial charge in [0.25, 0.3) is 0 Å². The molecule has 0 saturated heterocycles. The van der Waals surface area contributed by atoms with E-state index in [1.807, 2.05) is 60.7 Å². The summed E-state index contributed by atoms with van der Waals surface area (Å²) in [5.41, 5.74) is 1.51. The summed E-state index contributed by atoms with van der Waals surface area (Å²) in [6.45, 7) is 1.18. The van der Waals surface area contributed by atoms with Gasteiger partial charge in [-0.25, -0.2) is 0 Å². The zero-order valence-electron chi connectivity index (χ0n) is 21.1. The Morgan fingerprint density at radius 3 is 1.26 bits per heavy atom. The normalized spacial score (nSPS) is 9.74. The highest BCUT2D eigenvalue weighted by Gasteiger charge is 2.06. The molecule has 38 heavy (non-hydrogen) atoms. The second-order valence-electron chi connectivity index (χ2n) is 8.45. The number of nitrogens with zero attached hydrogens (tertiary/aromatic N) is 4. The highest BCUT2D eigenvalue weighted by Crippen LogP contribution is 2.27. The van der Waals surface area contributed by atoms with Crippen molar-refractivity contribution in [3.63, 3.8) is 0 Å². The highest BCUT2D eigenvalue weighted by atomic mass is 79.9. The number of hydrogen-bond donors (Lipinski definition) is 0. The Kier molecular flexibility index (Phi) is 14.4. The van der Waals surface area contributed by atoms with Crippen molar-refractivity contribution in [2.45, 2.75) is 51.4 Å². The van der Waals surface area contributed by atoms with E-state index in [0.717, 1.165) is 47.5 Å². The molecule has 6 nitrogen and oxygen atoms in total. The van der Waals surface area contributed by atoms with E-state index in [4.69, 9.17) is 30.5 Å². The van der Waals surface area contributed by atoms with Gasteiger partial charge in [-0.3, -0.25) is 0 Å². The van der Waals surface area contributed by atoms with Crippen LogP contribution in [-0.2, 0) is 0 Å². The van der Waals surface area contributed by atoms with Crippen LogP contribution in [0.1, 0.15) is 62.5 Å². The molecule has 0 spiro atoms. The van der Waals surface area contributed by atoms with Crippen LogP contribution in [0.3, 0.4) is 0 Å². The number of ether oxygens (including phenoxy) is 2. The molecule has 0 aliphatic heterocycles. The molecule has 0 atom stereocenters. The first-order valence-corrected chi connectivity index (χ1v) is 14.0. The largest absolute Gasteiger partial charge is 0.493 e. The molecule has 0 aromatic heterocycles. The van der Waals surface area contributed by atoms with Crippen molar-refractivity contribution in [3.8, 4) is 35.8 Å². The molecule has 0 aliphatic rings. The van der Waals surface area contributed by atoms with Gasteiger partial charge in [0, 0.05) is 20.1 Å². The van der Waals surface area contributed by atoms with Crippen molar-refractivity contribution in [1.82, 2.24) is 0 Å². The third-order valence-electron chi connectivity index (χ3n) is 5.58. The van der Waals surface area contributed by atoms with Gasteiger partial charge in [0.05, 0.1) is 13.2 Å². The summed E-state index contributed by atoms with van der Waals surface area (Å²) in [4.78, 5) is 0. The van der Waals surface area contributed by atoms with Crippen LogP contribution in [0.2, 0.25) is 0 Å². The summed E-state index contributed by atoms with van der Waals surface area (Å²) in [6.07, 6.45) is 11.8. The van der Waals surface area contributed by atoms with Gasteiger partial charge in [-0.1, -0.05) is 70.4 Å². The monoisotopic (exact) mass is 634 g/mol. The van der Waals surface area contributed by atoms with Crippen LogP contribution in [0.4, 0.5) is 0 Å². The van der Waals surface area contributed by atoms with E-state index in [0.29, 0.717) is 35.8 Å². The fraction of sp³-hybridized carbons (Fsp3) is 0.333. The Balaban J connectivity index is 1.61. The van der Waals surface area contributed by atoms with Crippen LogP contribution in [-0.4, -0.2) is 13.2 Å². The van der Waals surface area contributed by atoms with E-state index in [1.54, 1.807) is 12.2 Å². The molecule has 2 rings (SSSR count). The topological polar surface area (TPSA) is 114 Å². The van der Waals surface area contributed by atoms with E-state index in [9.17, 15) is 0 Å². The number of benzene rings is 2. The van der Waals surface area contributed by atoms with E-state index in [1.165, 1.54) is 12.8 Å². The maximum atomic E-state index is 9.01. The summed E-state index contributed by atoms with van der Waals surface area (Å²) < 4.78 is 13.5. The number of unbranched alkanes of at least 4 members (excludes halogenated alkanes) is 7. The van der Waals surface area contributed by atoms with E-state index < -0.39 is 0 Å². The number of halogens is 2. The molecule has 0 fully saturated rings. The summed E-state index contributed by atoms with van der Waals surface area (Å²) >= 11 is 6.83. The third-order valence-corrected chi connectivity index (χ3v) is 6.57. The molecule has 194 valence electrons. The SMILES string of the molecule is N#CC(C#N)=Cc1cc(Br)ccc1OCCCCCCCCCCOc1ccc(Br)cc1C=C(C#N)C#N. The summed E-state index contributed by atoms with van der Waals surface area (Å²) in [7, 11) is 0. The second-order valence-corrected chi connectivity index (χ2v) is 10.3. The molecule has 8 heteroatoms. The standard InChI is InChI=1S/C30H28Br2N4O2/c31-27-9-11-29(25(17-27)15-23(19-33)20-34)37-13-7-5-3-1-2-4-6-8-14-38-30-12-10-28(32)18-26(30)16-24(21-35)22-36/h9-12,15-18H,1-8,13-14H2. The first-order chi connectivity index (χ1) is 18.5. The van der Waals surface area contributed by atoms with Gasteiger partial charge in [0.15, 0.2) is 0 Å². The molecule has 0 bridgehead atoms. The van der Waals surface area contributed by atoms with Crippen LogP contribution in [0.5, 0.6) is 11.5 Å². The summed E-state index contributed by atoms with van der Waals surface area (Å²) in [5.74, 6) is 1.33. The lowest BCUT2D eigenvalue weighted by Gasteiger charge is -2.10. The molecule has 0 radical (unpaired) electrons. The average Bonchev–Trinajstić information content (AvgIpc) is 2.92. The van der Waals surface area contributed by atoms with E-state index in [-0.39, 0.29) is 11.1 Å². The van der Waals surface area contributed by atoms with Gasteiger partial charge >= 0.3 is 0 Å². The van der Waals surface area contributed by atoms with E-state index >= 15 is 0 Å². The minimum absolute atomic E-state index is 0.0412. The first-order valence-electron chi connectivity index (χ1n) is 12.4. The van der Waals surface area contributed by atoms with Gasteiger partial charge < -0.3 is 9.47 Å². The van der Waals surface area contributed by atoms with Crippen LogP contribution in [0.25, 0.3) is 12.2 Å². The van der Waals surface area contributed by atoms with Gasteiger partial charge in [0.1, 0.15) is 46.9 Å². The lowest BCUT2D eigenvalue weighted by atomic mass is 10.1. The van der Waals surface area contributed by atoms with Crippen molar-refractivity contribution in [2.75, 3.05) is 13.2 Å². The van der Waals surface area contributed by atoms with Gasteiger partial charge in [-0.2, -0.15) is 21.0 Å². The molecule has 2 aromatic rings. The maximum absolute atomic E-state index is 9.01. The van der Waals surface area contributed by atoms with Gasteiger partial charge in [0.2, 0.25) is 0 Å². The first kappa shape index (κ1) is 30.7. The van der Waals surface area contributed by atoms with Crippen LogP contribution < -0.4 is 9.47 Å². The number of hydrogen-bond acceptors (Lipinski definition) is 6. The zero-order chi connectivity index (χ0) is 27.6. The Hall–Kier alpha value is -3.56.